The number of halogens is 1. The summed E-state index contributed by atoms with van der Waals surface area (Å²) in [7, 11) is 0. The Morgan fingerprint density at radius 3 is 2.00 bits per heavy atom. The van der Waals surface area contributed by atoms with Gasteiger partial charge in [-0.15, -0.1) is 0 Å². The fourth-order valence-corrected chi connectivity index (χ4v) is 4.02. The molecule has 0 fully saturated rings. The van der Waals surface area contributed by atoms with Crippen LogP contribution in [0.15, 0.2) is 48.4 Å². The van der Waals surface area contributed by atoms with Crippen molar-refractivity contribution in [1.82, 2.24) is 0 Å². The molecule has 1 heteroatoms. The van der Waals surface area contributed by atoms with Crippen molar-refractivity contribution in [3.05, 3.63) is 55.6 Å². The molecule has 0 saturated heterocycles. The van der Waals surface area contributed by atoms with E-state index < -0.39 is 21.2 Å². The maximum absolute atomic E-state index is 7.89. The zero-order valence-electron chi connectivity index (χ0n) is 10.7. The third kappa shape index (κ3) is 1.10. The Morgan fingerprint density at radius 1 is 0.923 bits per heavy atom. The molecule has 2 aromatic carbocycles. The Balaban J connectivity index is 2.34. The summed E-state index contributed by atoms with van der Waals surface area (Å²) in [6.07, 6.45) is 0. The van der Waals surface area contributed by atoms with Crippen LogP contribution < -0.4 is 21.2 Å². The highest BCUT2D eigenvalue weighted by molar-refractivity contribution is 5.64. The predicted molar refractivity (Wildman–Crippen MR) is 49.3 cm³/mol. The average molecular weight is 287 g/mol. The first-order valence-corrected chi connectivity index (χ1v) is 6.09. The molecule has 1 aliphatic heterocycles. The molecule has 0 radical (unpaired) electrons. The molecule has 0 N–H and O–H groups in total. The molecule has 1 heterocycles. The SMILES string of the molecule is [3H]c1cc([3H])c2c(c1)-c1cc([3H])cc([3H])c1[I+]2. The van der Waals surface area contributed by atoms with Gasteiger partial charge < -0.3 is 0 Å². The highest BCUT2D eigenvalue weighted by Crippen LogP contribution is 2.21. The number of rotatable bonds is 0. The van der Waals surface area contributed by atoms with Crippen LogP contribution in [-0.2, 0) is 0 Å². The largest absolute Gasteiger partial charge is 0.359 e. The van der Waals surface area contributed by atoms with Crippen LogP contribution in [0.3, 0.4) is 0 Å². The normalized spacial score (nSPS) is 16.6. The van der Waals surface area contributed by atoms with E-state index in [2.05, 4.69) is 0 Å². The summed E-state index contributed by atoms with van der Waals surface area (Å²) in [5.74, 6) is 0. The van der Waals surface area contributed by atoms with Crippen molar-refractivity contribution in [3.63, 3.8) is 0 Å². The highest BCUT2D eigenvalue weighted by atomic mass is 127. The summed E-state index contributed by atoms with van der Waals surface area (Å²) in [6.45, 7) is 0. The van der Waals surface area contributed by atoms with Crippen molar-refractivity contribution < 1.29 is 26.7 Å². The standard InChI is InChI=1S/C12H8I/c1-3-7-11-9(5-1)10-6-2-4-8-12(10)13-11/h1-8H/q+1/i1T,2T,7T,8T. The summed E-state index contributed by atoms with van der Waals surface area (Å²) < 4.78 is 33.0. The van der Waals surface area contributed by atoms with Crippen molar-refractivity contribution in [2.45, 2.75) is 0 Å². The molecule has 0 nitrogen and oxygen atoms in total. The van der Waals surface area contributed by atoms with E-state index in [0.717, 1.165) is 18.3 Å². The van der Waals surface area contributed by atoms with Gasteiger partial charge in [0.2, 0.25) is 7.14 Å². The van der Waals surface area contributed by atoms with E-state index in [0.29, 0.717) is 24.2 Å². The molecule has 0 aliphatic carbocycles. The van der Waals surface area contributed by atoms with Gasteiger partial charge >= 0.3 is 21.2 Å². The fourth-order valence-electron chi connectivity index (χ4n) is 1.39. The van der Waals surface area contributed by atoms with Gasteiger partial charge in [-0.2, -0.15) is 0 Å². The third-order valence-electron chi connectivity index (χ3n) is 1.97. The number of hydrogen-bond donors (Lipinski definition) is 0. The number of hydrogen-bond acceptors (Lipinski definition) is 0. The van der Waals surface area contributed by atoms with Gasteiger partial charge in [-0.3, -0.25) is 0 Å². The van der Waals surface area contributed by atoms with Crippen LogP contribution in [0.2, 0.25) is 0 Å². The smallest absolute Gasteiger partial charge is 0.0613 e. The molecule has 0 aromatic heterocycles. The van der Waals surface area contributed by atoms with E-state index >= 15 is 0 Å². The number of fused-ring (bicyclic) bond motifs is 3. The topological polar surface area (TPSA) is 0 Å². The first kappa shape index (κ1) is 4.60. The maximum Gasteiger partial charge on any atom is 0.359 e. The first-order chi connectivity index (χ1) is 8.06. The summed E-state index contributed by atoms with van der Waals surface area (Å²) in [6, 6.07) is 8.06. The van der Waals surface area contributed by atoms with E-state index in [4.69, 9.17) is 5.48 Å². The highest BCUT2D eigenvalue weighted by Gasteiger charge is 2.31. The Kier molecular flexibility index (Phi) is 1.00. The Bertz CT molecular complexity index is 581. The van der Waals surface area contributed by atoms with Crippen LogP contribution in [0.25, 0.3) is 11.1 Å². The molecule has 0 bridgehead atoms. The zero-order valence-corrected chi connectivity index (χ0v) is 8.84. The molecule has 0 saturated carbocycles. The minimum atomic E-state index is -0.508. The average Bonchev–Trinajstić information content (AvgIpc) is 2.58. The van der Waals surface area contributed by atoms with Crippen LogP contribution >= 0.6 is 0 Å². The number of benzene rings is 2. The summed E-state index contributed by atoms with van der Waals surface area (Å²) in [4.78, 5) is 0. The lowest BCUT2D eigenvalue weighted by Crippen LogP contribution is -3.61. The van der Waals surface area contributed by atoms with Gasteiger partial charge in [0.05, 0.1) is 5.48 Å². The lowest BCUT2D eigenvalue weighted by Gasteiger charge is -1.91. The van der Waals surface area contributed by atoms with Gasteiger partial charge in [-0.25, -0.2) is 0 Å². The van der Waals surface area contributed by atoms with Crippen LogP contribution in [-0.4, -0.2) is 0 Å². The van der Waals surface area contributed by atoms with Gasteiger partial charge in [-0.05, 0) is 24.2 Å². The van der Waals surface area contributed by atoms with E-state index in [1.807, 2.05) is 0 Å². The van der Waals surface area contributed by atoms with Crippen molar-refractivity contribution in [2.75, 3.05) is 0 Å². The molecule has 3 rings (SSSR count). The minimum Gasteiger partial charge on any atom is -0.0613 e. The van der Waals surface area contributed by atoms with Gasteiger partial charge in [0.1, 0.15) is 0 Å². The summed E-state index contributed by atoms with van der Waals surface area (Å²) >= 11 is -0.508. The van der Waals surface area contributed by atoms with Gasteiger partial charge in [0, 0.05) is 11.1 Å². The molecule has 2 aromatic rings. The van der Waals surface area contributed by atoms with Crippen LogP contribution in [0.5, 0.6) is 0 Å². The molecule has 0 spiro atoms. The van der Waals surface area contributed by atoms with Crippen molar-refractivity contribution >= 4 is 0 Å². The second-order valence-electron chi connectivity index (χ2n) is 2.75. The Hall–Kier alpha value is -0.830. The first-order valence-electron chi connectivity index (χ1n) is 5.94. The lowest BCUT2D eigenvalue weighted by atomic mass is 10.1. The van der Waals surface area contributed by atoms with Gasteiger partial charge in [0.15, 0.2) is 0 Å². The second kappa shape index (κ2) is 2.84. The van der Waals surface area contributed by atoms with Crippen LogP contribution in [0, 0.1) is 7.14 Å². The molecule has 0 unspecified atom stereocenters. The lowest BCUT2D eigenvalue weighted by molar-refractivity contribution is -0.589. The second-order valence-corrected chi connectivity index (χ2v) is 5.45. The molecular formula is C12H8I+. The molecule has 0 amide bonds. The third-order valence-corrected chi connectivity index (χ3v) is 4.84. The maximum atomic E-state index is 7.89. The molecule has 13 heavy (non-hydrogen) atoms. The van der Waals surface area contributed by atoms with E-state index in [9.17, 15) is 0 Å². The van der Waals surface area contributed by atoms with E-state index in [1.54, 1.807) is 24.3 Å². The summed E-state index contributed by atoms with van der Waals surface area (Å²) in [5.41, 5.74) is 1.79. The minimum absolute atomic E-state index is 0.326. The van der Waals surface area contributed by atoms with Crippen LogP contribution in [0.1, 0.15) is 5.48 Å². The Morgan fingerprint density at radius 2 is 1.46 bits per heavy atom. The predicted octanol–water partition coefficient (Wildman–Crippen LogP) is -0.205. The van der Waals surface area contributed by atoms with Crippen molar-refractivity contribution in [3.8, 4) is 11.1 Å². The molecule has 1 aliphatic rings. The van der Waals surface area contributed by atoms with Gasteiger partial charge in [0.25, 0.3) is 0 Å². The molecule has 0 atom stereocenters. The zero-order chi connectivity index (χ0) is 12.2. The quantitative estimate of drug-likeness (QED) is 0.502. The monoisotopic (exact) mass is 287 g/mol. The Labute approximate surface area is 93.5 Å². The molecular weight excluding hydrogens is 271 g/mol. The fraction of sp³-hybridized carbons (Fsp3) is 0. The van der Waals surface area contributed by atoms with Crippen molar-refractivity contribution in [2.24, 2.45) is 0 Å². The van der Waals surface area contributed by atoms with Crippen LogP contribution in [0.4, 0.5) is 0 Å². The summed E-state index contributed by atoms with van der Waals surface area (Å²) in [5, 5.41) is 0. The van der Waals surface area contributed by atoms with Crippen molar-refractivity contribution in [1.29, 1.82) is 0 Å². The van der Waals surface area contributed by atoms with E-state index in [1.165, 1.54) is 0 Å². The van der Waals surface area contributed by atoms with E-state index in [-0.39, 0.29) is 0 Å². The van der Waals surface area contributed by atoms with Gasteiger partial charge in [-0.1, -0.05) is 24.2 Å². The molecule has 62 valence electrons.